The number of amides is 1. The van der Waals surface area contributed by atoms with E-state index >= 15 is 0 Å². The van der Waals surface area contributed by atoms with Crippen molar-refractivity contribution in [1.29, 1.82) is 0 Å². The molecule has 0 spiro atoms. The highest BCUT2D eigenvalue weighted by Gasteiger charge is 2.29. The van der Waals surface area contributed by atoms with Crippen LogP contribution in [0.2, 0.25) is 0 Å². The van der Waals surface area contributed by atoms with Crippen molar-refractivity contribution < 1.29 is 9.53 Å². The van der Waals surface area contributed by atoms with Crippen molar-refractivity contribution in [2.45, 2.75) is 45.1 Å². The van der Waals surface area contributed by atoms with Gasteiger partial charge in [-0.1, -0.05) is 17.9 Å². The van der Waals surface area contributed by atoms with E-state index < -0.39 is 0 Å². The van der Waals surface area contributed by atoms with E-state index in [1.807, 2.05) is 41.4 Å². The first-order valence-electron chi connectivity index (χ1n) is 14.9. The van der Waals surface area contributed by atoms with E-state index in [0.717, 1.165) is 66.8 Å². The summed E-state index contributed by atoms with van der Waals surface area (Å²) in [5.74, 6) is 8.74. The Balaban J connectivity index is 1.22. The number of pyridine rings is 1. The van der Waals surface area contributed by atoms with E-state index in [2.05, 4.69) is 57.4 Å². The number of carbonyl (C=O) groups excluding carboxylic acids is 1. The lowest BCUT2D eigenvalue weighted by atomic mass is 9.95. The number of anilines is 1. The molecule has 1 saturated carbocycles. The van der Waals surface area contributed by atoms with E-state index in [4.69, 9.17) is 9.72 Å². The highest BCUT2D eigenvalue weighted by atomic mass is 16.5. The number of aromatic nitrogens is 5. The molecule has 5 heterocycles. The number of hydrogen-bond acceptors (Lipinski definition) is 6. The van der Waals surface area contributed by atoms with Crippen molar-refractivity contribution >= 4 is 11.7 Å². The second-order valence-electron chi connectivity index (χ2n) is 11.5. The molecular formula is C33H35N7O2. The Labute approximate surface area is 246 Å². The van der Waals surface area contributed by atoms with Crippen LogP contribution >= 0.6 is 0 Å². The van der Waals surface area contributed by atoms with Crippen LogP contribution in [0.25, 0.3) is 17.2 Å². The number of benzene rings is 1. The Kier molecular flexibility index (Phi) is 7.10. The zero-order chi connectivity index (χ0) is 28.6. The fourth-order valence-corrected chi connectivity index (χ4v) is 5.74. The van der Waals surface area contributed by atoms with Crippen molar-refractivity contribution in [3.05, 3.63) is 77.6 Å². The fourth-order valence-electron chi connectivity index (χ4n) is 5.74. The van der Waals surface area contributed by atoms with Crippen LogP contribution in [0.5, 0.6) is 0 Å². The van der Waals surface area contributed by atoms with Crippen LogP contribution in [0.1, 0.15) is 65.8 Å². The number of morpholine rings is 1. The molecule has 4 aromatic rings. The van der Waals surface area contributed by atoms with Gasteiger partial charge >= 0.3 is 0 Å². The lowest BCUT2D eigenvalue weighted by Gasteiger charge is -2.29. The second-order valence-corrected chi connectivity index (χ2v) is 11.5. The van der Waals surface area contributed by atoms with Crippen LogP contribution in [0.4, 0.5) is 5.82 Å². The van der Waals surface area contributed by atoms with Crippen LogP contribution in [0.3, 0.4) is 0 Å². The van der Waals surface area contributed by atoms with Gasteiger partial charge in [0.2, 0.25) is 0 Å². The average molecular weight is 562 g/mol. The zero-order valence-corrected chi connectivity index (χ0v) is 24.2. The van der Waals surface area contributed by atoms with E-state index in [9.17, 15) is 4.79 Å². The average Bonchev–Trinajstić information content (AvgIpc) is 3.52. The van der Waals surface area contributed by atoms with Crippen LogP contribution < -0.4 is 4.90 Å². The number of nitrogens with zero attached hydrogens (tertiary/aromatic N) is 7. The highest BCUT2D eigenvalue weighted by molar-refractivity contribution is 6.08. The molecule has 1 aliphatic carbocycles. The summed E-state index contributed by atoms with van der Waals surface area (Å²) in [6, 6.07) is 10.2. The van der Waals surface area contributed by atoms with Gasteiger partial charge in [0.25, 0.3) is 5.91 Å². The monoisotopic (exact) mass is 561 g/mol. The van der Waals surface area contributed by atoms with Gasteiger partial charge < -0.3 is 13.9 Å². The summed E-state index contributed by atoms with van der Waals surface area (Å²) < 4.78 is 9.60. The third-order valence-corrected chi connectivity index (χ3v) is 8.27. The smallest absolute Gasteiger partial charge is 0.259 e. The Morgan fingerprint density at radius 1 is 1.10 bits per heavy atom. The molecule has 0 atom stereocenters. The SMILES string of the molecule is CC(C)n1ccnc1-c1cccc(N2CCc3cc(C#CCN4CCOCC4)c(-n4cnc(C5CC5)c4)cc3C2=O)n1. The summed E-state index contributed by atoms with van der Waals surface area (Å²) in [6.07, 6.45) is 10.8. The molecule has 214 valence electrons. The Bertz CT molecular complexity index is 1680. The summed E-state index contributed by atoms with van der Waals surface area (Å²) in [5, 5.41) is 0. The largest absolute Gasteiger partial charge is 0.379 e. The summed E-state index contributed by atoms with van der Waals surface area (Å²) in [5.41, 5.74) is 5.37. The van der Waals surface area contributed by atoms with Crippen molar-refractivity contribution in [3.63, 3.8) is 0 Å². The molecule has 42 heavy (non-hydrogen) atoms. The molecule has 9 heteroatoms. The molecule has 1 amide bonds. The maximum Gasteiger partial charge on any atom is 0.259 e. The van der Waals surface area contributed by atoms with Crippen molar-refractivity contribution in [1.82, 2.24) is 29.0 Å². The molecule has 3 aromatic heterocycles. The number of ether oxygens (including phenoxy) is 1. The molecule has 0 radical (unpaired) electrons. The van der Waals surface area contributed by atoms with Crippen LogP contribution in [-0.4, -0.2) is 74.3 Å². The number of carbonyl (C=O) groups is 1. The first-order chi connectivity index (χ1) is 20.5. The number of hydrogen-bond donors (Lipinski definition) is 0. The van der Waals surface area contributed by atoms with E-state index in [-0.39, 0.29) is 11.9 Å². The third kappa shape index (κ3) is 5.24. The van der Waals surface area contributed by atoms with Gasteiger partial charge in [-0.2, -0.15) is 0 Å². The zero-order valence-electron chi connectivity index (χ0n) is 24.2. The minimum atomic E-state index is -0.0512. The molecule has 2 aliphatic heterocycles. The fraction of sp³-hybridized carbons (Fsp3) is 0.394. The summed E-state index contributed by atoms with van der Waals surface area (Å²) in [7, 11) is 0. The standard InChI is InChI=1S/C33H35N7O2/c1-23(2)39-14-11-34-32(39)28-6-3-7-31(36-28)40-13-10-25-19-26(5-4-12-37-15-17-42-18-16-37)30(20-27(25)33(40)41)38-21-29(35-22-38)24-8-9-24/h3,6-7,11,14,19-24H,8-10,12-13,15-18H2,1-2H3. The molecule has 0 N–H and O–H groups in total. The van der Waals surface area contributed by atoms with Gasteiger partial charge in [0.1, 0.15) is 11.5 Å². The van der Waals surface area contributed by atoms with Gasteiger partial charge in [-0.05, 0) is 62.9 Å². The predicted octanol–water partition coefficient (Wildman–Crippen LogP) is 4.48. The van der Waals surface area contributed by atoms with Gasteiger partial charge in [0.05, 0.1) is 37.5 Å². The molecule has 9 nitrogen and oxygen atoms in total. The van der Waals surface area contributed by atoms with Crippen molar-refractivity contribution in [3.8, 4) is 29.0 Å². The van der Waals surface area contributed by atoms with Gasteiger partial charge in [-0.15, -0.1) is 0 Å². The molecule has 3 aliphatic rings. The minimum Gasteiger partial charge on any atom is -0.379 e. The summed E-state index contributed by atoms with van der Waals surface area (Å²) >= 11 is 0. The molecule has 0 unspecified atom stereocenters. The van der Waals surface area contributed by atoms with Gasteiger partial charge in [0.15, 0.2) is 5.82 Å². The van der Waals surface area contributed by atoms with Crippen LogP contribution in [0, 0.1) is 11.8 Å². The molecular weight excluding hydrogens is 526 g/mol. The maximum absolute atomic E-state index is 14.0. The highest BCUT2D eigenvalue weighted by Crippen LogP contribution is 2.39. The molecule has 1 saturated heterocycles. The van der Waals surface area contributed by atoms with E-state index in [1.165, 1.54) is 12.8 Å². The Morgan fingerprint density at radius 2 is 1.95 bits per heavy atom. The van der Waals surface area contributed by atoms with E-state index in [0.29, 0.717) is 30.4 Å². The van der Waals surface area contributed by atoms with Crippen LogP contribution in [-0.2, 0) is 11.2 Å². The van der Waals surface area contributed by atoms with Crippen molar-refractivity contribution in [2.75, 3.05) is 44.3 Å². The molecule has 1 aromatic carbocycles. The Hall–Kier alpha value is -4.26. The van der Waals surface area contributed by atoms with Crippen LogP contribution in [0.15, 0.2) is 55.2 Å². The predicted molar refractivity (Wildman–Crippen MR) is 161 cm³/mol. The van der Waals surface area contributed by atoms with Gasteiger partial charge in [0, 0.05) is 61.3 Å². The molecule has 7 rings (SSSR count). The topological polar surface area (TPSA) is 81.3 Å². The van der Waals surface area contributed by atoms with Crippen molar-refractivity contribution in [2.24, 2.45) is 0 Å². The molecule has 0 bridgehead atoms. The summed E-state index contributed by atoms with van der Waals surface area (Å²) in [6.45, 7) is 8.79. The number of rotatable bonds is 6. The quantitative estimate of drug-likeness (QED) is 0.323. The number of fused-ring (bicyclic) bond motifs is 1. The number of imidazole rings is 2. The molecule has 2 fully saturated rings. The third-order valence-electron chi connectivity index (χ3n) is 8.27. The minimum absolute atomic E-state index is 0.0512. The lowest BCUT2D eigenvalue weighted by molar-refractivity contribution is 0.0443. The Morgan fingerprint density at radius 3 is 2.76 bits per heavy atom. The van der Waals surface area contributed by atoms with E-state index in [1.54, 1.807) is 11.1 Å². The summed E-state index contributed by atoms with van der Waals surface area (Å²) in [4.78, 5) is 32.2. The first kappa shape index (κ1) is 26.6. The van der Waals surface area contributed by atoms with Gasteiger partial charge in [-0.25, -0.2) is 15.0 Å². The maximum atomic E-state index is 14.0. The normalized spacial score (nSPS) is 17.3. The van der Waals surface area contributed by atoms with Gasteiger partial charge in [-0.3, -0.25) is 14.6 Å². The second kappa shape index (κ2) is 11.2. The first-order valence-corrected chi connectivity index (χ1v) is 14.9. The lowest BCUT2D eigenvalue weighted by Crippen LogP contribution is -2.38.